The molecule has 0 atom stereocenters. The van der Waals surface area contributed by atoms with Crippen molar-refractivity contribution >= 4 is 21.4 Å². The highest BCUT2D eigenvalue weighted by atomic mass is 32.2. The Kier molecular flexibility index (Phi) is 7.41. The molecule has 0 unspecified atom stereocenters. The van der Waals surface area contributed by atoms with Gasteiger partial charge in [-0.05, 0) is 63.0 Å². The fourth-order valence-corrected chi connectivity index (χ4v) is 4.90. The number of benzene rings is 1. The van der Waals surface area contributed by atoms with Crippen LogP contribution in [0.25, 0.3) is 16.8 Å². The largest absolute Gasteiger partial charge is 0.485 e. The van der Waals surface area contributed by atoms with Gasteiger partial charge in [-0.3, -0.25) is 13.9 Å². The molecule has 0 bridgehead atoms. The lowest BCUT2D eigenvalue weighted by atomic mass is 10.1. The Balaban J connectivity index is 1.71. The maximum atomic E-state index is 13.5. The molecule has 10 nitrogen and oxygen atoms in total. The number of methoxy groups -OCH3 is 1. The van der Waals surface area contributed by atoms with Crippen LogP contribution in [0, 0.1) is 12.7 Å². The molecule has 1 N–H and O–H groups in total. The van der Waals surface area contributed by atoms with Crippen molar-refractivity contribution in [3.05, 3.63) is 76.7 Å². The van der Waals surface area contributed by atoms with Gasteiger partial charge in [-0.15, -0.1) is 0 Å². The molecule has 0 aliphatic carbocycles. The highest BCUT2D eigenvalue weighted by Crippen LogP contribution is 2.31. The smallest absolute Gasteiger partial charge is 0.300 e. The minimum atomic E-state index is -4.08. The number of hydrogen-bond donors (Lipinski definition) is 1. The average Bonchev–Trinajstić information content (AvgIpc) is 2.84. The minimum Gasteiger partial charge on any atom is -0.485 e. The third-order valence-electron chi connectivity index (χ3n) is 5.52. The van der Waals surface area contributed by atoms with Crippen molar-refractivity contribution in [3.8, 4) is 22.8 Å². The van der Waals surface area contributed by atoms with Crippen LogP contribution in [0.2, 0.25) is 0 Å². The van der Waals surface area contributed by atoms with Gasteiger partial charge < -0.3 is 14.4 Å². The molecule has 3 aromatic heterocycles. The summed E-state index contributed by atoms with van der Waals surface area (Å²) in [6.45, 7) is 2.47. The molecule has 3 heterocycles. The van der Waals surface area contributed by atoms with E-state index in [1.165, 1.54) is 36.9 Å². The SMILES string of the molecule is COc1ncc(-c2ccc3ncc(OCCN(C)C)c(=O)n3c2)cc1NS(=O)(=O)c1ccc(F)cc1C. The van der Waals surface area contributed by atoms with Crippen LogP contribution in [0.4, 0.5) is 10.1 Å². The van der Waals surface area contributed by atoms with Crippen molar-refractivity contribution < 1.29 is 22.3 Å². The zero-order chi connectivity index (χ0) is 26.7. The summed E-state index contributed by atoms with van der Waals surface area (Å²) in [5.74, 6) is -0.374. The normalized spacial score (nSPS) is 11.6. The first-order valence-corrected chi connectivity index (χ1v) is 12.7. The number of likely N-dealkylation sites (N-methyl/N-ethyl adjacent to an activating group) is 1. The number of ether oxygens (including phenoxy) is 2. The lowest BCUT2D eigenvalue weighted by Crippen LogP contribution is -2.23. The number of anilines is 1. The topological polar surface area (TPSA) is 115 Å². The van der Waals surface area contributed by atoms with E-state index in [-0.39, 0.29) is 33.3 Å². The number of halogens is 1. The van der Waals surface area contributed by atoms with E-state index in [2.05, 4.69) is 14.7 Å². The van der Waals surface area contributed by atoms with Crippen molar-refractivity contribution in [1.82, 2.24) is 19.3 Å². The molecular formula is C25H26FN5O5S. The summed E-state index contributed by atoms with van der Waals surface area (Å²) in [5.41, 5.74) is 1.47. The van der Waals surface area contributed by atoms with E-state index < -0.39 is 15.8 Å². The number of aryl methyl sites for hydroxylation is 1. The number of sulfonamides is 1. The Labute approximate surface area is 213 Å². The molecule has 37 heavy (non-hydrogen) atoms. The first-order chi connectivity index (χ1) is 17.6. The molecule has 0 amide bonds. The molecule has 0 radical (unpaired) electrons. The molecular weight excluding hydrogens is 501 g/mol. The van der Waals surface area contributed by atoms with E-state index in [1.807, 2.05) is 19.0 Å². The first kappa shape index (κ1) is 26.0. The zero-order valence-electron chi connectivity index (χ0n) is 20.7. The number of fused-ring (bicyclic) bond motifs is 1. The van der Waals surface area contributed by atoms with Gasteiger partial charge >= 0.3 is 0 Å². The van der Waals surface area contributed by atoms with Crippen LogP contribution >= 0.6 is 0 Å². The van der Waals surface area contributed by atoms with Crippen molar-refractivity contribution in [2.75, 3.05) is 39.1 Å². The summed E-state index contributed by atoms with van der Waals surface area (Å²) in [6.07, 6.45) is 4.47. The molecule has 0 spiro atoms. The number of nitrogens with zero attached hydrogens (tertiary/aromatic N) is 4. The summed E-state index contributed by atoms with van der Waals surface area (Å²) < 4.78 is 54.3. The summed E-state index contributed by atoms with van der Waals surface area (Å²) in [6, 6.07) is 8.35. The van der Waals surface area contributed by atoms with Gasteiger partial charge in [-0.2, -0.15) is 0 Å². The highest BCUT2D eigenvalue weighted by Gasteiger charge is 2.20. The van der Waals surface area contributed by atoms with Crippen molar-refractivity contribution in [3.63, 3.8) is 0 Å². The predicted octanol–water partition coefficient (Wildman–Crippen LogP) is 2.95. The van der Waals surface area contributed by atoms with Crippen LogP contribution in [0.3, 0.4) is 0 Å². The molecule has 0 aliphatic heterocycles. The van der Waals surface area contributed by atoms with E-state index in [0.717, 1.165) is 12.1 Å². The van der Waals surface area contributed by atoms with E-state index in [0.29, 0.717) is 29.9 Å². The second kappa shape index (κ2) is 10.5. The lowest BCUT2D eigenvalue weighted by molar-refractivity contribution is 0.257. The molecule has 0 aliphatic rings. The monoisotopic (exact) mass is 527 g/mol. The van der Waals surface area contributed by atoms with Crippen LogP contribution in [-0.2, 0) is 10.0 Å². The number of pyridine rings is 2. The molecule has 0 fully saturated rings. The van der Waals surface area contributed by atoms with Gasteiger partial charge in [0.15, 0.2) is 0 Å². The second-order valence-electron chi connectivity index (χ2n) is 8.52. The molecule has 12 heteroatoms. The first-order valence-electron chi connectivity index (χ1n) is 11.2. The average molecular weight is 528 g/mol. The van der Waals surface area contributed by atoms with Crippen LogP contribution in [0.15, 0.2) is 64.7 Å². The predicted molar refractivity (Wildman–Crippen MR) is 137 cm³/mol. The number of aromatic nitrogens is 3. The lowest BCUT2D eigenvalue weighted by Gasteiger charge is -2.14. The number of hydrogen-bond acceptors (Lipinski definition) is 8. The van der Waals surface area contributed by atoms with Crippen molar-refractivity contribution in [2.45, 2.75) is 11.8 Å². The van der Waals surface area contributed by atoms with Crippen LogP contribution in [0.1, 0.15) is 5.56 Å². The van der Waals surface area contributed by atoms with Gasteiger partial charge in [-0.1, -0.05) is 0 Å². The van der Waals surface area contributed by atoms with E-state index in [9.17, 15) is 17.6 Å². The zero-order valence-corrected chi connectivity index (χ0v) is 21.5. The number of nitrogens with one attached hydrogen (secondary N) is 1. The molecule has 1 aromatic carbocycles. The van der Waals surface area contributed by atoms with Gasteiger partial charge in [0.1, 0.15) is 23.8 Å². The third kappa shape index (κ3) is 5.70. The Morgan fingerprint density at radius 1 is 1.08 bits per heavy atom. The Morgan fingerprint density at radius 3 is 2.57 bits per heavy atom. The highest BCUT2D eigenvalue weighted by molar-refractivity contribution is 7.92. The summed E-state index contributed by atoms with van der Waals surface area (Å²) in [5, 5.41) is 0. The Morgan fingerprint density at radius 2 is 1.86 bits per heavy atom. The summed E-state index contributed by atoms with van der Waals surface area (Å²) in [7, 11) is 1.09. The molecule has 0 saturated carbocycles. The Bertz CT molecular complexity index is 1620. The van der Waals surface area contributed by atoms with Crippen LogP contribution < -0.4 is 19.8 Å². The fraction of sp³-hybridized carbons (Fsp3) is 0.240. The molecule has 4 rings (SSSR count). The quantitative estimate of drug-likeness (QED) is 0.353. The minimum absolute atomic E-state index is 0.0447. The van der Waals surface area contributed by atoms with Gasteiger partial charge in [0, 0.05) is 30.1 Å². The van der Waals surface area contributed by atoms with E-state index in [4.69, 9.17) is 9.47 Å². The van der Waals surface area contributed by atoms with Gasteiger partial charge in [-0.25, -0.2) is 22.8 Å². The van der Waals surface area contributed by atoms with Gasteiger partial charge in [0.05, 0.1) is 18.2 Å². The van der Waals surface area contributed by atoms with E-state index in [1.54, 1.807) is 24.4 Å². The molecule has 194 valence electrons. The standard InChI is InChI=1S/C25H26FN5O5S/c1-16-11-19(26)6-7-22(16)37(33,34)29-20-12-18(13-28-24(20)35-4)17-5-8-23-27-14-21(25(32)31(23)15-17)36-10-9-30(2)3/h5-8,11-15,29H,9-10H2,1-4H3. The summed E-state index contributed by atoms with van der Waals surface area (Å²) in [4.78, 5) is 23.4. The van der Waals surface area contributed by atoms with Gasteiger partial charge in [0.2, 0.25) is 11.6 Å². The van der Waals surface area contributed by atoms with Crippen LogP contribution in [-0.4, -0.2) is 62.0 Å². The van der Waals surface area contributed by atoms with E-state index >= 15 is 0 Å². The van der Waals surface area contributed by atoms with Crippen LogP contribution in [0.5, 0.6) is 11.6 Å². The maximum absolute atomic E-state index is 13.5. The second-order valence-corrected chi connectivity index (χ2v) is 10.2. The van der Waals surface area contributed by atoms with Gasteiger partial charge in [0.25, 0.3) is 15.6 Å². The fourth-order valence-electron chi connectivity index (χ4n) is 3.63. The van der Waals surface area contributed by atoms with Crippen molar-refractivity contribution in [1.29, 1.82) is 0 Å². The Hall–Kier alpha value is -4.03. The third-order valence-corrected chi connectivity index (χ3v) is 7.04. The molecule has 0 saturated heterocycles. The maximum Gasteiger partial charge on any atom is 0.300 e. The molecule has 4 aromatic rings. The van der Waals surface area contributed by atoms with Crippen molar-refractivity contribution in [2.24, 2.45) is 0 Å². The number of rotatable bonds is 9. The summed E-state index contributed by atoms with van der Waals surface area (Å²) >= 11 is 0.